The largest absolute Gasteiger partial charge is 0.385 e. The Labute approximate surface area is 111 Å². The lowest BCUT2D eigenvalue weighted by atomic mass is 9.87. The van der Waals surface area contributed by atoms with Crippen LogP contribution in [0.1, 0.15) is 12.8 Å². The summed E-state index contributed by atoms with van der Waals surface area (Å²) < 4.78 is 15.8. The molecule has 0 aromatic heterocycles. The van der Waals surface area contributed by atoms with Crippen molar-refractivity contribution >= 4 is 0 Å². The zero-order valence-corrected chi connectivity index (χ0v) is 11.8. The van der Waals surface area contributed by atoms with Crippen molar-refractivity contribution < 1.29 is 14.2 Å². The number of ether oxygens (including phenoxy) is 3. The van der Waals surface area contributed by atoms with E-state index in [1.54, 1.807) is 14.2 Å². The van der Waals surface area contributed by atoms with E-state index in [-0.39, 0.29) is 5.41 Å². The molecule has 1 unspecified atom stereocenters. The highest BCUT2D eigenvalue weighted by atomic mass is 16.5. The molecule has 0 spiro atoms. The fourth-order valence-electron chi connectivity index (χ4n) is 2.40. The molecule has 1 atom stereocenters. The highest BCUT2D eigenvalue weighted by Gasteiger charge is 2.35. The van der Waals surface area contributed by atoms with E-state index in [4.69, 9.17) is 19.9 Å². The summed E-state index contributed by atoms with van der Waals surface area (Å²) >= 11 is 0. The highest BCUT2D eigenvalue weighted by Crippen LogP contribution is 2.28. The lowest BCUT2D eigenvalue weighted by Gasteiger charge is -2.33. The first-order valence-electron chi connectivity index (χ1n) is 6.74. The Hall–Kier alpha value is -0.200. The van der Waals surface area contributed by atoms with Crippen molar-refractivity contribution in [2.45, 2.75) is 12.8 Å². The number of rotatable bonds is 10. The SMILES string of the molecule is COCCCN(CCOC)CC1(CN)CCOC1. The van der Waals surface area contributed by atoms with Gasteiger partial charge in [0, 0.05) is 59.0 Å². The maximum atomic E-state index is 5.94. The fraction of sp³-hybridized carbons (Fsp3) is 1.00. The molecule has 1 rings (SSSR count). The van der Waals surface area contributed by atoms with Crippen LogP contribution in [0, 0.1) is 5.41 Å². The quantitative estimate of drug-likeness (QED) is 0.574. The van der Waals surface area contributed by atoms with E-state index in [2.05, 4.69) is 4.90 Å². The van der Waals surface area contributed by atoms with Gasteiger partial charge >= 0.3 is 0 Å². The van der Waals surface area contributed by atoms with Gasteiger partial charge in [0.25, 0.3) is 0 Å². The Balaban J connectivity index is 2.42. The average molecular weight is 260 g/mol. The van der Waals surface area contributed by atoms with Gasteiger partial charge in [-0.25, -0.2) is 0 Å². The Morgan fingerprint density at radius 3 is 2.56 bits per heavy atom. The number of hydrogen-bond acceptors (Lipinski definition) is 5. The van der Waals surface area contributed by atoms with Crippen LogP contribution in [0.25, 0.3) is 0 Å². The third-order valence-electron chi connectivity index (χ3n) is 3.61. The van der Waals surface area contributed by atoms with Gasteiger partial charge in [-0.05, 0) is 12.8 Å². The standard InChI is InChI=1S/C13H28N2O3/c1-16-7-3-5-15(6-9-17-2)11-13(10-14)4-8-18-12-13/h3-12,14H2,1-2H3. The van der Waals surface area contributed by atoms with Gasteiger partial charge in [-0.2, -0.15) is 0 Å². The lowest BCUT2D eigenvalue weighted by molar-refractivity contribution is 0.0844. The van der Waals surface area contributed by atoms with Crippen LogP contribution in [0.2, 0.25) is 0 Å². The molecule has 0 saturated carbocycles. The summed E-state index contributed by atoms with van der Waals surface area (Å²) in [5.41, 5.74) is 6.08. The molecule has 0 amide bonds. The summed E-state index contributed by atoms with van der Waals surface area (Å²) in [6, 6.07) is 0. The van der Waals surface area contributed by atoms with Gasteiger partial charge in [-0.15, -0.1) is 0 Å². The second-order valence-corrected chi connectivity index (χ2v) is 5.12. The molecule has 0 aromatic carbocycles. The molecule has 18 heavy (non-hydrogen) atoms. The van der Waals surface area contributed by atoms with E-state index < -0.39 is 0 Å². The van der Waals surface area contributed by atoms with Crippen LogP contribution in [0.15, 0.2) is 0 Å². The van der Waals surface area contributed by atoms with E-state index in [1.165, 1.54) is 0 Å². The molecule has 1 heterocycles. The van der Waals surface area contributed by atoms with Crippen LogP contribution in [-0.4, -0.2) is 71.7 Å². The molecule has 5 nitrogen and oxygen atoms in total. The summed E-state index contributed by atoms with van der Waals surface area (Å²) in [6.07, 6.45) is 2.11. The lowest BCUT2D eigenvalue weighted by Crippen LogP contribution is -2.44. The van der Waals surface area contributed by atoms with E-state index in [0.29, 0.717) is 6.54 Å². The van der Waals surface area contributed by atoms with Gasteiger partial charge in [0.1, 0.15) is 0 Å². The normalized spacial score (nSPS) is 24.0. The van der Waals surface area contributed by atoms with Crippen LogP contribution >= 0.6 is 0 Å². The van der Waals surface area contributed by atoms with Gasteiger partial charge in [0.2, 0.25) is 0 Å². The zero-order valence-electron chi connectivity index (χ0n) is 11.8. The highest BCUT2D eigenvalue weighted by molar-refractivity contribution is 4.87. The number of hydrogen-bond donors (Lipinski definition) is 1. The molecule has 5 heteroatoms. The molecule has 1 aliphatic rings. The molecule has 1 aliphatic heterocycles. The van der Waals surface area contributed by atoms with Crippen molar-refractivity contribution in [2.75, 3.05) is 66.8 Å². The average Bonchev–Trinajstić information content (AvgIpc) is 2.85. The third kappa shape index (κ3) is 5.20. The molecular formula is C13H28N2O3. The van der Waals surface area contributed by atoms with Crippen molar-refractivity contribution in [1.82, 2.24) is 4.90 Å². The van der Waals surface area contributed by atoms with Crippen molar-refractivity contribution in [3.05, 3.63) is 0 Å². The first-order chi connectivity index (χ1) is 8.76. The second-order valence-electron chi connectivity index (χ2n) is 5.12. The van der Waals surface area contributed by atoms with Crippen molar-refractivity contribution in [3.63, 3.8) is 0 Å². The summed E-state index contributed by atoms with van der Waals surface area (Å²) in [4.78, 5) is 2.42. The maximum Gasteiger partial charge on any atom is 0.0589 e. The van der Waals surface area contributed by atoms with E-state index in [1.807, 2.05) is 0 Å². The first-order valence-corrected chi connectivity index (χ1v) is 6.74. The van der Waals surface area contributed by atoms with Crippen LogP contribution in [0.5, 0.6) is 0 Å². The summed E-state index contributed by atoms with van der Waals surface area (Å²) in [5, 5.41) is 0. The molecule has 1 saturated heterocycles. The third-order valence-corrected chi connectivity index (χ3v) is 3.61. The Kier molecular flexibility index (Phi) is 7.77. The fourth-order valence-corrected chi connectivity index (χ4v) is 2.40. The molecule has 1 fully saturated rings. The molecule has 0 aliphatic carbocycles. The molecule has 0 bridgehead atoms. The minimum absolute atomic E-state index is 0.140. The molecule has 108 valence electrons. The van der Waals surface area contributed by atoms with Crippen LogP contribution < -0.4 is 5.73 Å². The van der Waals surface area contributed by atoms with Crippen molar-refractivity contribution in [2.24, 2.45) is 11.1 Å². The number of methoxy groups -OCH3 is 2. The predicted octanol–water partition coefficient (Wildman–Crippen LogP) is 0.337. The van der Waals surface area contributed by atoms with Gasteiger partial charge in [-0.1, -0.05) is 0 Å². The second kappa shape index (κ2) is 8.82. The Morgan fingerprint density at radius 1 is 1.22 bits per heavy atom. The predicted molar refractivity (Wildman–Crippen MR) is 71.7 cm³/mol. The van der Waals surface area contributed by atoms with Gasteiger partial charge in [-0.3, -0.25) is 0 Å². The van der Waals surface area contributed by atoms with Crippen molar-refractivity contribution in [1.29, 1.82) is 0 Å². The van der Waals surface area contributed by atoms with Crippen molar-refractivity contribution in [3.8, 4) is 0 Å². The van der Waals surface area contributed by atoms with Crippen LogP contribution in [-0.2, 0) is 14.2 Å². The smallest absolute Gasteiger partial charge is 0.0589 e. The van der Waals surface area contributed by atoms with E-state index in [9.17, 15) is 0 Å². The Morgan fingerprint density at radius 2 is 2.00 bits per heavy atom. The maximum absolute atomic E-state index is 5.94. The molecule has 0 radical (unpaired) electrons. The van der Waals surface area contributed by atoms with E-state index >= 15 is 0 Å². The molecule has 2 N–H and O–H groups in total. The summed E-state index contributed by atoms with van der Waals surface area (Å²) in [6.45, 7) is 6.85. The minimum atomic E-state index is 0.140. The summed E-state index contributed by atoms with van der Waals surface area (Å²) in [7, 11) is 3.48. The van der Waals surface area contributed by atoms with Gasteiger partial charge in [0.05, 0.1) is 13.2 Å². The Bertz CT molecular complexity index is 208. The van der Waals surface area contributed by atoms with E-state index in [0.717, 1.165) is 58.9 Å². The zero-order chi connectivity index (χ0) is 13.3. The topological polar surface area (TPSA) is 57.0 Å². The minimum Gasteiger partial charge on any atom is -0.385 e. The first kappa shape index (κ1) is 15.9. The van der Waals surface area contributed by atoms with Gasteiger partial charge < -0.3 is 24.8 Å². The van der Waals surface area contributed by atoms with Crippen LogP contribution in [0.3, 0.4) is 0 Å². The molecule has 0 aromatic rings. The van der Waals surface area contributed by atoms with Gasteiger partial charge in [0.15, 0.2) is 0 Å². The summed E-state index contributed by atoms with van der Waals surface area (Å²) in [5.74, 6) is 0. The number of nitrogens with two attached hydrogens (primary N) is 1. The molecular weight excluding hydrogens is 232 g/mol. The monoisotopic (exact) mass is 260 g/mol. The van der Waals surface area contributed by atoms with Crippen LogP contribution in [0.4, 0.5) is 0 Å². The number of nitrogens with zero attached hydrogens (tertiary/aromatic N) is 1.